The molecule has 0 fully saturated rings. The van der Waals surface area contributed by atoms with Crippen molar-refractivity contribution in [1.29, 1.82) is 0 Å². The van der Waals surface area contributed by atoms with Crippen LogP contribution in [0.5, 0.6) is 0 Å². The lowest BCUT2D eigenvalue weighted by Crippen LogP contribution is -2.29. The predicted octanol–water partition coefficient (Wildman–Crippen LogP) is 3.90. The summed E-state index contributed by atoms with van der Waals surface area (Å²) in [5.41, 5.74) is 1.93. The second-order valence-corrected chi connectivity index (χ2v) is 5.82. The van der Waals surface area contributed by atoms with E-state index < -0.39 is 0 Å². The van der Waals surface area contributed by atoms with Crippen LogP contribution in [0.2, 0.25) is 0 Å². The van der Waals surface area contributed by atoms with E-state index in [1.54, 1.807) is 0 Å². The molecule has 3 aromatic rings. The van der Waals surface area contributed by atoms with Gasteiger partial charge in [0.15, 0.2) is 5.82 Å². The molecule has 4 nitrogen and oxygen atoms in total. The van der Waals surface area contributed by atoms with E-state index in [2.05, 4.69) is 17.9 Å². The van der Waals surface area contributed by atoms with E-state index in [4.69, 9.17) is 9.97 Å². The molecule has 3 rings (SSSR count). The Morgan fingerprint density at radius 2 is 1.67 bits per heavy atom. The van der Waals surface area contributed by atoms with Crippen LogP contribution >= 0.6 is 0 Å². The van der Waals surface area contributed by atoms with Gasteiger partial charge in [0.25, 0.3) is 0 Å². The van der Waals surface area contributed by atoms with Gasteiger partial charge < -0.3 is 10.0 Å². The number of para-hydroxylation sites is 1. The number of hydrogen-bond donors (Lipinski definition) is 1. The molecular weight excluding hydrogens is 298 g/mol. The number of hydrogen-bond acceptors (Lipinski definition) is 4. The van der Waals surface area contributed by atoms with Crippen LogP contribution < -0.4 is 4.90 Å². The molecule has 2 aromatic carbocycles. The third kappa shape index (κ3) is 3.54. The molecule has 24 heavy (non-hydrogen) atoms. The molecule has 0 aliphatic carbocycles. The van der Waals surface area contributed by atoms with Gasteiger partial charge in [-0.3, -0.25) is 0 Å². The molecule has 0 radical (unpaired) electrons. The predicted molar refractivity (Wildman–Crippen MR) is 99.2 cm³/mol. The number of fused-ring (bicyclic) bond motifs is 1. The van der Waals surface area contributed by atoms with Crippen LogP contribution in [0.3, 0.4) is 0 Å². The highest BCUT2D eigenvalue weighted by molar-refractivity contribution is 5.91. The minimum Gasteiger partial charge on any atom is -0.395 e. The summed E-state index contributed by atoms with van der Waals surface area (Å²) in [4.78, 5) is 11.7. The number of benzene rings is 2. The summed E-state index contributed by atoms with van der Waals surface area (Å²) >= 11 is 0. The van der Waals surface area contributed by atoms with E-state index in [-0.39, 0.29) is 6.61 Å². The highest BCUT2D eigenvalue weighted by Gasteiger charge is 2.14. The molecule has 0 saturated heterocycles. The summed E-state index contributed by atoms with van der Waals surface area (Å²) in [6.07, 6.45) is 2.18. The molecule has 1 aromatic heterocycles. The average Bonchev–Trinajstić information content (AvgIpc) is 2.65. The van der Waals surface area contributed by atoms with Gasteiger partial charge in [-0.2, -0.15) is 0 Å². The van der Waals surface area contributed by atoms with Gasteiger partial charge in [-0.25, -0.2) is 9.97 Å². The van der Waals surface area contributed by atoms with Crippen molar-refractivity contribution in [2.24, 2.45) is 0 Å². The largest absolute Gasteiger partial charge is 0.395 e. The topological polar surface area (TPSA) is 49.2 Å². The Bertz CT molecular complexity index is 789. The van der Waals surface area contributed by atoms with Crippen LogP contribution in [0.25, 0.3) is 22.3 Å². The molecule has 0 saturated carbocycles. The summed E-state index contributed by atoms with van der Waals surface area (Å²) in [5.74, 6) is 1.63. The van der Waals surface area contributed by atoms with Crippen molar-refractivity contribution in [3.8, 4) is 11.4 Å². The van der Waals surface area contributed by atoms with Gasteiger partial charge in [0.05, 0.1) is 12.1 Å². The van der Waals surface area contributed by atoms with Crippen molar-refractivity contribution in [3.63, 3.8) is 0 Å². The maximum atomic E-state index is 9.47. The first-order chi connectivity index (χ1) is 11.8. The molecule has 1 heterocycles. The quantitative estimate of drug-likeness (QED) is 0.717. The van der Waals surface area contributed by atoms with E-state index in [1.165, 1.54) is 0 Å². The van der Waals surface area contributed by atoms with E-state index in [9.17, 15) is 5.11 Å². The van der Waals surface area contributed by atoms with E-state index >= 15 is 0 Å². The van der Waals surface area contributed by atoms with Gasteiger partial charge in [0.1, 0.15) is 5.82 Å². The van der Waals surface area contributed by atoms with Crippen LogP contribution in [-0.4, -0.2) is 34.8 Å². The van der Waals surface area contributed by atoms with Gasteiger partial charge >= 0.3 is 0 Å². The van der Waals surface area contributed by atoms with E-state index in [1.807, 2.05) is 48.5 Å². The zero-order valence-corrected chi connectivity index (χ0v) is 14.0. The first-order valence-electron chi connectivity index (χ1n) is 8.51. The molecule has 0 atom stereocenters. The monoisotopic (exact) mass is 321 g/mol. The Balaban J connectivity index is 2.13. The summed E-state index contributed by atoms with van der Waals surface area (Å²) in [7, 11) is 0. The molecule has 0 amide bonds. The minimum absolute atomic E-state index is 0.114. The first-order valence-corrected chi connectivity index (χ1v) is 8.51. The molecule has 1 N–H and O–H groups in total. The number of nitrogens with zero attached hydrogens (tertiary/aromatic N) is 3. The van der Waals surface area contributed by atoms with E-state index in [0.717, 1.165) is 47.5 Å². The minimum atomic E-state index is 0.114. The molecule has 0 aliphatic rings. The maximum absolute atomic E-state index is 9.47. The molecule has 0 spiro atoms. The van der Waals surface area contributed by atoms with Crippen molar-refractivity contribution in [2.45, 2.75) is 19.8 Å². The van der Waals surface area contributed by atoms with Gasteiger partial charge in [-0.1, -0.05) is 55.8 Å². The Morgan fingerprint density at radius 3 is 2.42 bits per heavy atom. The van der Waals surface area contributed by atoms with Crippen LogP contribution in [0.4, 0.5) is 5.82 Å². The lowest BCUT2D eigenvalue weighted by atomic mass is 10.1. The van der Waals surface area contributed by atoms with Crippen molar-refractivity contribution in [1.82, 2.24) is 9.97 Å². The molecule has 4 heteroatoms. The number of aliphatic hydroxyl groups is 1. The average molecular weight is 321 g/mol. The fourth-order valence-corrected chi connectivity index (χ4v) is 2.81. The summed E-state index contributed by atoms with van der Waals surface area (Å²) in [5, 5.41) is 10.5. The zero-order chi connectivity index (χ0) is 16.8. The molecule has 124 valence electrons. The standard InChI is InChI=1S/C20H23N3O/c1-2-3-13-23(14-15-24)20-17-11-7-8-12-18(17)21-19(22-20)16-9-5-4-6-10-16/h4-12,24H,2-3,13-15H2,1H3. The van der Waals surface area contributed by atoms with Crippen molar-refractivity contribution in [2.75, 3.05) is 24.6 Å². The number of aromatic nitrogens is 2. The second-order valence-electron chi connectivity index (χ2n) is 5.82. The van der Waals surface area contributed by atoms with Crippen LogP contribution in [0, 0.1) is 0 Å². The second kappa shape index (κ2) is 7.88. The summed E-state index contributed by atoms with van der Waals surface area (Å²) in [6.45, 7) is 3.74. The van der Waals surface area contributed by atoms with Crippen molar-refractivity contribution >= 4 is 16.7 Å². The third-order valence-corrected chi connectivity index (χ3v) is 4.07. The number of aliphatic hydroxyl groups excluding tert-OH is 1. The summed E-state index contributed by atoms with van der Waals surface area (Å²) < 4.78 is 0. The van der Waals surface area contributed by atoms with E-state index in [0.29, 0.717) is 6.54 Å². The lowest BCUT2D eigenvalue weighted by Gasteiger charge is -2.24. The van der Waals surface area contributed by atoms with Crippen molar-refractivity contribution < 1.29 is 5.11 Å². The molecule has 0 aliphatic heterocycles. The van der Waals surface area contributed by atoms with Gasteiger partial charge in [-0.05, 0) is 18.6 Å². The first kappa shape index (κ1) is 16.4. The Labute approximate surface area is 142 Å². The molecule has 0 bridgehead atoms. The van der Waals surface area contributed by atoms with Crippen molar-refractivity contribution in [3.05, 3.63) is 54.6 Å². The normalized spacial score (nSPS) is 10.9. The van der Waals surface area contributed by atoms with Crippen LogP contribution in [-0.2, 0) is 0 Å². The SMILES string of the molecule is CCCCN(CCO)c1nc(-c2ccccc2)nc2ccccc12. The Kier molecular flexibility index (Phi) is 5.39. The van der Waals surface area contributed by atoms with Crippen LogP contribution in [0.1, 0.15) is 19.8 Å². The number of rotatable bonds is 7. The Hall–Kier alpha value is -2.46. The maximum Gasteiger partial charge on any atom is 0.162 e. The highest BCUT2D eigenvalue weighted by Crippen LogP contribution is 2.27. The highest BCUT2D eigenvalue weighted by atomic mass is 16.3. The van der Waals surface area contributed by atoms with Crippen LogP contribution in [0.15, 0.2) is 54.6 Å². The lowest BCUT2D eigenvalue weighted by molar-refractivity contribution is 0.301. The smallest absolute Gasteiger partial charge is 0.162 e. The number of anilines is 1. The Morgan fingerprint density at radius 1 is 0.917 bits per heavy atom. The van der Waals surface area contributed by atoms with Gasteiger partial charge in [-0.15, -0.1) is 0 Å². The zero-order valence-electron chi connectivity index (χ0n) is 14.0. The fourth-order valence-electron chi connectivity index (χ4n) is 2.81. The number of unbranched alkanes of at least 4 members (excludes halogenated alkanes) is 1. The molecular formula is C20H23N3O. The molecule has 0 unspecified atom stereocenters. The summed E-state index contributed by atoms with van der Waals surface area (Å²) in [6, 6.07) is 18.1. The van der Waals surface area contributed by atoms with Gasteiger partial charge in [0.2, 0.25) is 0 Å². The fraction of sp³-hybridized carbons (Fsp3) is 0.300. The third-order valence-electron chi connectivity index (χ3n) is 4.07. The van der Waals surface area contributed by atoms with Gasteiger partial charge in [0, 0.05) is 24.0 Å².